The zero-order valence-electron chi connectivity index (χ0n) is 11.1. The maximum Gasteiger partial charge on any atom is 0.151 e. The summed E-state index contributed by atoms with van der Waals surface area (Å²) in [5.74, 6) is 0.481. The molecule has 6 nitrogen and oxygen atoms in total. The highest BCUT2D eigenvalue weighted by Gasteiger charge is 2.29. The van der Waals surface area contributed by atoms with Gasteiger partial charge in [-0.2, -0.15) is 0 Å². The van der Waals surface area contributed by atoms with Crippen LogP contribution in [0.4, 0.5) is 0 Å². The smallest absolute Gasteiger partial charge is 0.151 e. The minimum Gasteiger partial charge on any atom is -0.409 e. The van der Waals surface area contributed by atoms with Gasteiger partial charge in [-0.1, -0.05) is 35.5 Å². The molecule has 20 heavy (non-hydrogen) atoms. The third-order valence-corrected chi connectivity index (χ3v) is 5.18. The third-order valence-electron chi connectivity index (χ3n) is 3.41. The summed E-state index contributed by atoms with van der Waals surface area (Å²) in [6.07, 6.45) is 0.929. The van der Waals surface area contributed by atoms with E-state index in [9.17, 15) is 8.42 Å². The molecule has 1 saturated heterocycles. The lowest BCUT2D eigenvalue weighted by Crippen LogP contribution is -2.36. The molecule has 0 saturated carbocycles. The number of hydrogen-bond acceptors (Lipinski definition) is 5. The van der Waals surface area contributed by atoms with Crippen molar-refractivity contribution < 1.29 is 13.6 Å². The summed E-state index contributed by atoms with van der Waals surface area (Å²) in [4.78, 5) is 0. The van der Waals surface area contributed by atoms with E-state index in [1.165, 1.54) is 0 Å². The van der Waals surface area contributed by atoms with Gasteiger partial charge in [0.15, 0.2) is 9.84 Å². The summed E-state index contributed by atoms with van der Waals surface area (Å²) in [7, 11) is -2.93. The predicted molar refractivity (Wildman–Crippen MR) is 77.4 cm³/mol. The van der Waals surface area contributed by atoms with E-state index in [4.69, 9.17) is 10.9 Å². The van der Waals surface area contributed by atoms with Crippen LogP contribution < -0.4 is 11.1 Å². The van der Waals surface area contributed by atoms with E-state index >= 15 is 0 Å². The van der Waals surface area contributed by atoms with E-state index in [0.717, 1.165) is 5.56 Å². The highest BCUT2D eigenvalue weighted by Crippen LogP contribution is 2.21. The Balaban J connectivity index is 2.11. The van der Waals surface area contributed by atoms with E-state index < -0.39 is 9.84 Å². The molecule has 1 aliphatic rings. The number of amidine groups is 1. The highest BCUT2D eigenvalue weighted by molar-refractivity contribution is 7.91. The normalized spacial score (nSPS) is 23.6. The van der Waals surface area contributed by atoms with E-state index in [0.29, 0.717) is 12.8 Å². The van der Waals surface area contributed by atoms with E-state index in [1.54, 1.807) is 0 Å². The van der Waals surface area contributed by atoms with Crippen molar-refractivity contribution in [1.29, 1.82) is 0 Å². The second kappa shape index (κ2) is 6.23. The fourth-order valence-electron chi connectivity index (χ4n) is 2.42. The summed E-state index contributed by atoms with van der Waals surface area (Å²) >= 11 is 0. The number of nitrogens with zero attached hydrogens (tertiary/aromatic N) is 1. The topological polar surface area (TPSA) is 105 Å². The van der Waals surface area contributed by atoms with Crippen molar-refractivity contribution in [2.45, 2.75) is 24.9 Å². The van der Waals surface area contributed by atoms with Crippen molar-refractivity contribution in [3.05, 3.63) is 35.9 Å². The Morgan fingerprint density at radius 2 is 2.15 bits per heavy atom. The molecule has 1 aromatic rings. The number of sulfone groups is 1. The molecule has 0 amide bonds. The van der Waals surface area contributed by atoms with E-state index in [-0.39, 0.29) is 29.4 Å². The standard InChI is InChI=1S/C13H19N3O3S/c14-13(16-17)8-12(10-4-2-1-3-5-10)15-11-6-7-20(18,19)9-11/h1-5,11-12,15,17H,6-9H2,(H2,14,16). The van der Waals surface area contributed by atoms with E-state index in [2.05, 4.69) is 10.5 Å². The van der Waals surface area contributed by atoms with Crippen LogP contribution in [0.2, 0.25) is 0 Å². The lowest BCUT2D eigenvalue weighted by atomic mass is 10.0. The molecule has 4 N–H and O–H groups in total. The molecule has 0 aromatic heterocycles. The number of nitrogens with one attached hydrogen (secondary N) is 1. The minimum atomic E-state index is -2.93. The molecule has 0 bridgehead atoms. The van der Waals surface area contributed by atoms with Crippen LogP contribution in [-0.2, 0) is 9.84 Å². The van der Waals surface area contributed by atoms with E-state index in [1.807, 2.05) is 30.3 Å². The van der Waals surface area contributed by atoms with Gasteiger partial charge in [0.2, 0.25) is 0 Å². The Kier molecular flexibility index (Phi) is 4.61. The second-order valence-corrected chi connectivity index (χ2v) is 7.25. The highest BCUT2D eigenvalue weighted by atomic mass is 32.2. The molecular formula is C13H19N3O3S. The fourth-order valence-corrected chi connectivity index (χ4v) is 4.11. The Morgan fingerprint density at radius 3 is 2.70 bits per heavy atom. The number of oxime groups is 1. The molecule has 0 radical (unpaired) electrons. The first kappa shape index (κ1) is 14.8. The quantitative estimate of drug-likeness (QED) is 0.320. The monoisotopic (exact) mass is 297 g/mol. The van der Waals surface area contributed by atoms with Gasteiger partial charge in [-0.05, 0) is 12.0 Å². The van der Waals surface area contributed by atoms with Gasteiger partial charge in [0.25, 0.3) is 0 Å². The zero-order chi connectivity index (χ0) is 14.6. The largest absolute Gasteiger partial charge is 0.409 e. The molecule has 2 unspecified atom stereocenters. The number of benzene rings is 1. The Morgan fingerprint density at radius 1 is 1.45 bits per heavy atom. The van der Waals surface area contributed by atoms with Gasteiger partial charge in [-0.15, -0.1) is 0 Å². The average Bonchev–Trinajstić information content (AvgIpc) is 2.78. The third kappa shape index (κ3) is 3.94. The lowest BCUT2D eigenvalue weighted by Gasteiger charge is -2.22. The molecular weight excluding hydrogens is 278 g/mol. The predicted octanol–water partition coefficient (Wildman–Crippen LogP) is 0.641. The lowest BCUT2D eigenvalue weighted by molar-refractivity contribution is 0.315. The molecule has 1 fully saturated rings. The molecule has 1 heterocycles. The summed E-state index contributed by atoms with van der Waals surface area (Å²) in [6, 6.07) is 9.34. The van der Waals surface area contributed by atoms with Crippen LogP contribution in [0.15, 0.2) is 35.5 Å². The Bertz CT molecular complexity index is 572. The van der Waals surface area contributed by atoms with Crippen LogP contribution in [-0.4, -0.2) is 37.0 Å². The second-order valence-electron chi connectivity index (χ2n) is 5.03. The molecule has 0 aliphatic carbocycles. The van der Waals surface area contributed by atoms with Gasteiger partial charge in [-0.25, -0.2) is 8.42 Å². The minimum absolute atomic E-state index is 0.0864. The van der Waals surface area contributed by atoms with Gasteiger partial charge in [-0.3, -0.25) is 0 Å². The Labute approximate surface area is 118 Å². The van der Waals surface area contributed by atoms with Gasteiger partial charge < -0.3 is 16.3 Å². The number of hydrogen-bond donors (Lipinski definition) is 3. The van der Waals surface area contributed by atoms with Crippen molar-refractivity contribution >= 4 is 15.7 Å². The van der Waals surface area contributed by atoms with Crippen LogP contribution in [0.3, 0.4) is 0 Å². The van der Waals surface area contributed by atoms with Crippen LogP contribution >= 0.6 is 0 Å². The van der Waals surface area contributed by atoms with Crippen LogP contribution in [0.25, 0.3) is 0 Å². The summed E-state index contributed by atoms with van der Waals surface area (Å²) in [5, 5.41) is 15.0. The van der Waals surface area contributed by atoms with Gasteiger partial charge in [0.05, 0.1) is 11.5 Å². The Hall–Kier alpha value is -1.60. The SMILES string of the molecule is NC(CC(NC1CCS(=O)(=O)C1)c1ccccc1)=NO. The number of nitrogens with two attached hydrogens (primary N) is 1. The fraction of sp³-hybridized carbons (Fsp3) is 0.462. The van der Waals surface area contributed by atoms with Gasteiger partial charge in [0, 0.05) is 18.5 Å². The van der Waals surface area contributed by atoms with Crippen LogP contribution in [0, 0.1) is 0 Å². The molecule has 110 valence electrons. The maximum atomic E-state index is 11.5. The van der Waals surface area contributed by atoms with Crippen molar-refractivity contribution in [3.8, 4) is 0 Å². The van der Waals surface area contributed by atoms with Crippen molar-refractivity contribution in [2.24, 2.45) is 10.9 Å². The van der Waals surface area contributed by atoms with Gasteiger partial charge in [0.1, 0.15) is 5.84 Å². The van der Waals surface area contributed by atoms with Crippen LogP contribution in [0.5, 0.6) is 0 Å². The van der Waals surface area contributed by atoms with Crippen LogP contribution in [0.1, 0.15) is 24.4 Å². The van der Waals surface area contributed by atoms with Crippen molar-refractivity contribution in [1.82, 2.24) is 5.32 Å². The maximum absolute atomic E-state index is 11.5. The summed E-state index contributed by atoms with van der Waals surface area (Å²) in [5.41, 5.74) is 6.57. The first-order chi connectivity index (χ1) is 9.50. The first-order valence-electron chi connectivity index (χ1n) is 6.48. The molecule has 1 aliphatic heterocycles. The molecule has 1 aromatic carbocycles. The summed E-state index contributed by atoms with van der Waals surface area (Å²) in [6.45, 7) is 0. The summed E-state index contributed by atoms with van der Waals surface area (Å²) < 4.78 is 23.0. The van der Waals surface area contributed by atoms with Crippen molar-refractivity contribution in [2.75, 3.05) is 11.5 Å². The first-order valence-corrected chi connectivity index (χ1v) is 8.30. The molecule has 0 spiro atoms. The number of rotatable bonds is 5. The average molecular weight is 297 g/mol. The molecule has 2 atom stereocenters. The molecule has 7 heteroatoms. The molecule has 2 rings (SSSR count). The van der Waals surface area contributed by atoms with Crippen molar-refractivity contribution in [3.63, 3.8) is 0 Å². The van der Waals surface area contributed by atoms with Gasteiger partial charge >= 0.3 is 0 Å². The zero-order valence-corrected chi connectivity index (χ0v) is 11.9.